The number of aromatic nitrogens is 1. The fraction of sp³-hybridized carbons (Fsp3) is 0.138. The molecule has 1 aliphatic heterocycles. The van der Waals surface area contributed by atoms with Gasteiger partial charge in [0.25, 0.3) is 5.56 Å². The molecular weight excluding hydrogens is 571 g/mol. The van der Waals surface area contributed by atoms with Crippen LogP contribution in [0, 0.1) is 5.82 Å². The molecule has 2 heterocycles. The number of nitrogens with zero attached hydrogens (tertiary/aromatic N) is 2. The molecule has 0 bridgehead atoms. The number of rotatable bonds is 6. The molecule has 0 saturated carbocycles. The van der Waals surface area contributed by atoms with E-state index < -0.39 is 12.0 Å². The fourth-order valence-electron chi connectivity index (χ4n) is 4.26. The Kier molecular flexibility index (Phi) is 7.40. The largest absolute Gasteiger partial charge is 0.488 e. The lowest BCUT2D eigenvalue weighted by Crippen LogP contribution is -2.39. The van der Waals surface area contributed by atoms with E-state index in [0.29, 0.717) is 30.8 Å². The average Bonchev–Trinajstić information content (AvgIpc) is 3.22. The SMILES string of the molecule is COC(=O)C1=C(C)N=c2sc(=Cc3ccc(OCc4ccc(F)cc4)c(Br)c3)c(=O)n2C1c1ccccc1. The minimum atomic E-state index is -0.643. The van der Waals surface area contributed by atoms with Crippen molar-refractivity contribution in [2.24, 2.45) is 4.99 Å². The highest BCUT2D eigenvalue weighted by Gasteiger charge is 2.32. The molecule has 1 unspecified atom stereocenters. The number of carbonyl (C=O) groups is 1. The Balaban J connectivity index is 1.51. The second-order valence-electron chi connectivity index (χ2n) is 8.59. The summed E-state index contributed by atoms with van der Waals surface area (Å²) in [5.74, 6) is -0.193. The van der Waals surface area contributed by atoms with Crippen LogP contribution in [0.5, 0.6) is 5.75 Å². The number of esters is 1. The van der Waals surface area contributed by atoms with Crippen molar-refractivity contribution in [1.82, 2.24) is 4.57 Å². The van der Waals surface area contributed by atoms with Crippen LogP contribution in [0.2, 0.25) is 0 Å². The quantitative estimate of drug-likeness (QED) is 0.299. The Morgan fingerprint density at radius 2 is 1.87 bits per heavy atom. The number of carbonyl (C=O) groups excluding carboxylic acids is 1. The molecule has 0 N–H and O–H groups in total. The minimum absolute atomic E-state index is 0.246. The van der Waals surface area contributed by atoms with Crippen LogP contribution in [-0.4, -0.2) is 17.6 Å². The van der Waals surface area contributed by atoms with Crippen molar-refractivity contribution in [1.29, 1.82) is 0 Å². The normalized spacial score (nSPS) is 15.2. The van der Waals surface area contributed by atoms with Crippen molar-refractivity contribution in [3.8, 4) is 5.75 Å². The molecule has 4 aromatic rings. The van der Waals surface area contributed by atoms with Crippen molar-refractivity contribution in [2.75, 3.05) is 7.11 Å². The van der Waals surface area contributed by atoms with Gasteiger partial charge in [0.15, 0.2) is 4.80 Å². The molecule has 0 amide bonds. The first kappa shape index (κ1) is 25.8. The molecule has 1 aliphatic rings. The van der Waals surface area contributed by atoms with Gasteiger partial charge < -0.3 is 9.47 Å². The number of hydrogen-bond donors (Lipinski definition) is 0. The average molecular weight is 593 g/mol. The third-order valence-electron chi connectivity index (χ3n) is 6.10. The Hall–Kier alpha value is -3.82. The zero-order chi connectivity index (χ0) is 26.8. The maximum absolute atomic E-state index is 13.6. The predicted molar refractivity (Wildman–Crippen MR) is 147 cm³/mol. The molecule has 6 nitrogen and oxygen atoms in total. The number of thiazole rings is 1. The molecule has 0 aliphatic carbocycles. The lowest BCUT2D eigenvalue weighted by Gasteiger charge is -2.24. The van der Waals surface area contributed by atoms with Crippen molar-refractivity contribution in [3.63, 3.8) is 0 Å². The van der Waals surface area contributed by atoms with Gasteiger partial charge in [-0.25, -0.2) is 14.2 Å². The fourth-order valence-corrected chi connectivity index (χ4v) is 5.82. The molecule has 0 spiro atoms. The number of hydrogen-bond acceptors (Lipinski definition) is 6. The van der Waals surface area contributed by atoms with Crippen LogP contribution in [0.25, 0.3) is 6.08 Å². The zero-order valence-corrected chi connectivity index (χ0v) is 22.9. The van der Waals surface area contributed by atoms with Gasteiger partial charge in [-0.05, 0) is 69.9 Å². The molecule has 5 rings (SSSR count). The highest BCUT2D eigenvalue weighted by Crippen LogP contribution is 2.30. The van der Waals surface area contributed by atoms with Gasteiger partial charge in [-0.3, -0.25) is 9.36 Å². The summed E-state index contributed by atoms with van der Waals surface area (Å²) in [4.78, 5) is 31.4. The minimum Gasteiger partial charge on any atom is -0.488 e. The van der Waals surface area contributed by atoms with E-state index in [-0.39, 0.29) is 18.0 Å². The van der Waals surface area contributed by atoms with Crippen LogP contribution in [0.3, 0.4) is 0 Å². The first-order valence-electron chi connectivity index (χ1n) is 11.7. The molecule has 0 fully saturated rings. The zero-order valence-electron chi connectivity index (χ0n) is 20.5. The summed E-state index contributed by atoms with van der Waals surface area (Å²) in [6.45, 7) is 2.04. The third kappa shape index (κ3) is 5.12. The summed E-state index contributed by atoms with van der Waals surface area (Å²) >= 11 is 4.80. The molecule has 1 aromatic heterocycles. The molecule has 192 valence electrons. The monoisotopic (exact) mass is 592 g/mol. The molecule has 38 heavy (non-hydrogen) atoms. The van der Waals surface area contributed by atoms with Crippen LogP contribution in [-0.2, 0) is 16.1 Å². The molecular formula is C29H22BrFN2O4S. The Morgan fingerprint density at radius 3 is 2.55 bits per heavy atom. The maximum Gasteiger partial charge on any atom is 0.338 e. The van der Waals surface area contributed by atoms with Crippen LogP contribution in [0.15, 0.2) is 98.3 Å². The topological polar surface area (TPSA) is 69.9 Å². The Morgan fingerprint density at radius 1 is 1.13 bits per heavy atom. The van der Waals surface area contributed by atoms with Crippen LogP contribution < -0.4 is 19.6 Å². The number of halogens is 2. The number of benzene rings is 3. The van der Waals surface area contributed by atoms with E-state index in [9.17, 15) is 14.0 Å². The number of ether oxygens (including phenoxy) is 2. The van der Waals surface area contributed by atoms with Crippen molar-refractivity contribution < 1.29 is 18.7 Å². The molecule has 9 heteroatoms. The van der Waals surface area contributed by atoms with E-state index in [1.165, 1.54) is 30.6 Å². The van der Waals surface area contributed by atoms with Gasteiger partial charge in [-0.2, -0.15) is 0 Å². The van der Waals surface area contributed by atoms with E-state index in [1.807, 2.05) is 48.5 Å². The van der Waals surface area contributed by atoms with E-state index in [2.05, 4.69) is 20.9 Å². The summed E-state index contributed by atoms with van der Waals surface area (Å²) < 4.78 is 26.8. The van der Waals surface area contributed by atoms with E-state index in [0.717, 1.165) is 16.7 Å². The van der Waals surface area contributed by atoms with Crippen LogP contribution in [0.1, 0.15) is 29.7 Å². The van der Waals surface area contributed by atoms with Gasteiger partial charge in [0, 0.05) is 0 Å². The van der Waals surface area contributed by atoms with Gasteiger partial charge in [0.2, 0.25) is 0 Å². The molecule has 1 atom stereocenters. The Bertz CT molecular complexity index is 1730. The summed E-state index contributed by atoms with van der Waals surface area (Å²) in [5, 5.41) is 0. The lowest BCUT2D eigenvalue weighted by atomic mass is 9.96. The van der Waals surface area contributed by atoms with Gasteiger partial charge in [-0.1, -0.05) is 59.9 Å². The number of allylic oxidation sites excluding steroid dienone is 1. The van der Waals surface area contributed by atoms with Crippen LogP contribution >= 0.6 is 27.3 Å². The lowest BCUT2D eigenvalue weighted by molar-refractivity contribution is -0.136. The molecule has 3 aromatic carbocycles. The number of fused-ring (bicyclic) bond motifs is 1. The van der Waals surface area contributed by atoms with Gasteiger partial charge >= 0.3 is 5.97 Å². The van der Waals surface area contributed by atoms with E-state index in [4.69, 9.17) is 9.47 Å². The summed E-state index contributed by atoms with van der Waals surface area (Å²) in [7, 11) is 1.32. The maximum atomic E-state index is 13.6. The summed E-state index contributed by atoms with van der Waals surface area (Å²) in [6, 6.07) is 20.4. The third-order valence-corrected chi connectivity index (χ3v) is 7.71. The van der Waals surface area contributed by atoms with Crippen molar-refractivity contribution >= 4 is 39.3 Å². The van der Waals surface area contributed by atoms with Crippen molar-refractivity contribution in [2.45, 2.75) is 19.6 Å². The van der Waals surface area contributed by atoms with E-state index in [1.54, 1.807) is 29.7 Å². The number of methoxy groups -OCH3 is 1. The second kappa shape index (κ2) is 10.9. The standard InChI is InChI=1S/C29H22BrFN2O4S/c1-17-25(28(35)36-2)26(20-6-4-3-5-7-20)33-27(34)24(38-29(33)32-17)15-19-10-13-23(22(30)14-19)37-16-18-8-11-21(31)12-9-18/h3-15,26H,16H2,1-2H3. The smallest absolute Gasteiger partial charge is 0.338 e. The van der Waals surface area contributed by atoms with Gasteiger partial charge in [-0.15, -0.1) is 0 Å². The first-order valence-corrected chi connectivity index (χ1v) is 13.3. The second-order valence-corrected chi connectivity index (χ2v) is 10.5. The van der Waals surface area contributed by atoms with Crippen LogP contribution in [0.4, 0.5) is 4.39 Å². The van der Waals surface area contributed by atoms with Gasteiger partial charge in [0.05, 0.1) is 33.4 Å². The predicted octanol–water partition coefficient (Wildman–Crippen LogP) is 4.89. The molecule has 0 saturated heterocycles. The highest BCUT2D eigenvalue weighted by molar-refractivity contribution is 9.10. The highest BCUT2D eigenvalue weighted by atomic mass is 79.9. The summed E-state index contributed by atoms with van der Waals surface area (Å²) in [6.07, 6.45) is 1.79. The first-order chi connectivity index (χ1) is 18.4. The summed E-state index contributed by atoms with van der Waals surface area (Å²) in [5.41, 5.74) is 3.03. The Labute approximate surface area is 230 Å². The van der Waals surface area contributed by atoms with Crippen molar-refractivity contribution in [3.05, 3.63) is 131 Å². The van der Waals surface area contributed by atoms with Gasteiger partial charge in [0.1, 0.15) is 18.2 Å². The molecule has 0 radical (unpaired) electrons. The van der Waals surface area contributed by atoms with E-state index >= 15 is 0 Å².